The third-order valence-electron chi connectivity index (χ3n) is 17.3. The van der Waals surface area contributed by atoms with E-state index in [1.165, 1.54) is 137 Å². The van der Waals surface area contributed by atoms with Crippen LogP contribution in [0.5, 0.6) is 0 Å². The van der Waals surface area contributed by atoms with Gasteiger partial charge >= 0.3 is 0 Å². The molecule has 4 aliphatic rings. The van der Waals surface area contributed by atoms with Gasteiger partial charge in [-0.15, -0.1) is 0 Å². The summed E-state index contributed by atoms with van der Waals surface area (Å²) in [4.78, 5) is 8.03. The molecule has 0 amide bonds. The number of hydrogen-bond donors (Lipinski definition) is 0. The van der Waals surface area contributed by atoms with Gasteiger partial charge in [0.05, 0.1) is 11.2 Å². The molecule has 8 aromatic rings. The van der Waals surface area contributed by atoms with Crippen molar-refractivity contribution < 1.29 is 0 Å². The molecule has 0 N–H and O–H groups in total. The van der Waals surface area contributed by atoms with E-state index in [-0.39, 0.29) is 28.5 Å². The first-order chi connectivity index (χ1) is 33.9. The Morgan fingerprint density at radius 2 is 1.07 bits per heavy atom. The first-order valence-electron chi connectivity index (χ1n) is 26.3. The van der Waals surface area contributed by atoms with E-state index >= 15 is 0 Å². The van der Waals surface area contributed by atoms with E-state index in [9.17, 15) is 0 Å². The topological polar surface area (TPSA) is 9.72 Å². The lowest BCUT2D eigenvalue weighted by Gasteiger charge is -2.51. The molecule has 12 rings (SSSR count). The normalized spacial score (nSPS) is 19.0. The highest BCUT2D eigenvalue weighted by Crippen LogP contribution is 2.62. The van der Waals surface area contributed by atoms with Gasteiger partial charge in [-0.3, -0.25) is 0 Å². The lowest BCUT2D eigenvalue weighted by molar-refractivity contribution is 0.195. The van der Waals surface area contributed by atoms with Crippen molar-refractivity contribution >= 4 is 68.6 Å². The van der Waals surface area contributed by atoms with E-state index < -0.39 is 0 Å². The molecular formula is C67H68BN3. The zero-order valence-electron chi connectivity index (χ0n) is 43.8. The number of anilines is 8. The van der Waals surface area contributed by atoms with Gasteiger partial charge in [-0.05, 0) is 167 Å². The van der Waals surface area contributed by atoms with Crippen LogP contribution < -0.4 is 31.1 Å². The van der Waals surface area contributed by atoms with Crippen molar-refractivity contribution in [1.82, 2.24) is 0 Å². The SMILES string of the molecule is Cc1cc2c3c(c1)N(c1ccc(C(C)(C)C)cc1-c1ccccc1)c1ccc(-c4ccccc4)cc1B3c1ccc(N3c4c(C)cc(C)cc4C4(C)CCCCC34C)cc1N2c1ccc(C(C)(C)C)cc1. The van der Waals surface area contributed by atoms with E-state index in [1.807, 2.05) is 0 Å². The van der Waals surface area contributed by atoms with E-state index in [4.69, 9.17) is 0 Å². The molecule has 0 radical (unpaired) electrons. The summed E-state index contributed by atoms with van der Waals surface area (Å²) < 4.78 is 0. The molecule has 0 aromatic heterocycles. The summed E-state index contributed by atoms with van der Waals surface area (Å²) in [6.07, 6.45) is 4.87. The number of benzene rings is 8. The van der Waals surface area contributed by atoms with E-state index in [0.717, 1.165) is 6.42 Å². The number of nitrogens with zero attached hydrogens (tertiary/aromatic N) is 3. The van der Waals surface area contributed by atoms with Crippen LogP contribution in [0.25, 0.3) is 22.3 Å². The Hall–Kier alpha value is -6.78. The summed E-state index contributed by atoms with van der Waals surface area (Å²) in [5.41, 5.74) is 27.1. The second kappa shape index (κ2) is 16.1. The van der Waals surface area contributed by atoms with Crippen LogP contribution in [-0.4, -0.2) is 12.3 Å². The fourth-order valence-electron chi connectivity index (χ4n) is 13.4. The van der Waals surface area contributed by atoms with Crippen LogP contribution >= 0.6 is 0 Å². The highest BCUT2D eigenvalue weighted by molar-refractivity contribution is 7.00. The molecule has 3 heterocycles. The minimum absolute atomic E-state index is 0.0204. The highest BCUT2D eigenvalue weighted by Gasteiger charge is 2.58. The van der Waals surface area contributed by atoms with Crippen molar-refractivity contribution in [3.8, 4) is 22.3 Å². The Bertz CT molecular complexity index is 3410. The maximum Gasteiger partial charge on any atom is 0.252 e. The number of hydrogen-bond acceptors (Lipinski definition) is 3. The summed E-state index contributed by atoms with van der Waals surface area (Å²) in [7, 11) is 0. The predicted molar refractivity (Wildman–Crippen MR) is 306 cm³/mol. The summed E-state index contributed by atoms with van der Waals surface area (Å²) in [5, 5.41) is 0. The molecule has 71 heavy (non-hydrogen) atoms. The van der Waals surface area contributed by atoms with Gasteiger partial charge in [0.2, 0.25) is 0 Å². The molecule has 1 aliphatic carbocycles. The zero-order chi connectivity index (χ0) is 49.4. The molecule has 3 nitrogen and oxygen atoms in total. The first kappa shape index (κ1) is 45.4. The summed E-state index contributed by atoms with van der Waals surface area (Å²) in [6.45, 7) is 26.0. The van der Waals surface area contributed by atoms with Gasteiger partial charge in [0.15, 0.2) is 0 Å². The predicted octanol–water partition coefficient (Wildman–Crippen LogP) is 16.4. The average molecular weight is 926 g/mol. The van der Waals surface area contributed by atoms with Gasteiger partial charge in [-0.25, -0.2) is 0 Å². The second-order valence-electron chi connectivity index (χ2n) is 24.0. The number of aryl methyl sites for hydroxylation is 3. The molecule has 0 saturated heterocycles. The zero-order valence-corrected chi connectivity index (χ0v) is 43.8. The lowest BCUT2D eigenvalue weighted by Crippen LogP contribution is -2.61. The quantitative estimate of drug-likeness (QED) is 0.159. The van der Waals surface area contributed by atoms with Crippen LogP contribution in [0.3, 0.4) is 0 Å². The minimum atomic E-state index is -0.0720. The fourth-order valence-corrected chi connectivity index (χ4v) is 13.4. The summed E-state index contributed by atoms with van der Waals surface area (Å²) in [6, 6.07) is 63.4. The van der Waals surface area contributed by atoms with Crippen LogP contribution in [0.2, 0.25) is 0 Å². The van der Waals surface area contributed by atoms with E-state index in [1.54, 1.807) is 0 Å². The Labute approximate surface area is 424 Å². The minimum Gasteiger partial charge on any atom is -0.334 e. The van der Waals surface area contributed by atoms with Crippen molar-refractivity contribution in [1.29, 1.82) is 0 Å². The van der Waals surface area contributed by atoms with Gasteiger partial charge in [0.25, 0.3) is 6.71 Å². The van der Waals surface area contributed by atoms with Crippen LogP contribution in [0, 0.1) is 20.8 Å². The van der Waals surface area contributed by atoms with Gasteiger partial charge < -0.3 is 14.7 Å². The number of fused-ring (bicyclic) bond motifs is 7. The van der Waals surface area contributed by atoms with E-state index in [2.05, 4.69) is 255 Å². The van der Waals surface area contributed by atoms with Crippen LogP contribution in [0.1, 0.15) is 114 Å². The second-order valence-corrected chi connectivity index (χ2v) is 24.0. The maximum atomic E-state index is 2.80. The van der Waals surface area contributed by atoms with Gasteiger partial charge in [0.1, 0.15) is 0 Å². The van der Waals surface area contributed by atoms with Crippen LogP contribution in [-0.2, 0) is 16.2 Å². The first-order valence-corrected chi connectivity index (χ1v) is 26.3. The smallest absolute Gasteiger partial charge is 0.252 e. The monoisotopic (exact) mass is 926 g/mol. The van der Waals surface area contributed by atoms with E-state index in [0.29, 0.717) is 0 Å². The fraction of sp³-hybridized carbons (Fsp3) is 0.284. The third-order valence-corrected chi connectivity index (χ3v) is 17.3. The third kappa shape index (κ3) is 6.98. The molecule has 1 fully saturated rings. The summed E-state index contributed by atoms with van der Waals surface area (Å²) in [5.74, 6) is 0. The molecule has 1 saturated carbocycles. The molecule has 2 atom stereocenters. The Kier molecular flexibility index (Phi) is 10.3. The Morgan fingerprint density at radius 3 is 1.76 bits per heavy atom. The van der Waals surface area contributed by atoms with Crippen molar-refractivity contribution in [2.75, 3.05) is 14.7 Å². The Balaban J connectivity index is 1.16. The van der Waals surface area contributed by atoms with Crippen molar-refractivity contribution in [2.45, 2.75) is 124 Å². The highest BCUT2D eigenvalue weighted by atomic mass is 15.3. The van der Waals surface area contributed by atoms with Crippen LogP contribution in [0.4, 0.5) is 45.5 Å². The lowest BCUT2D eigenvalue weighted by atomic mass is 9.33. The standard InChI is InChI=1S/C67H68BN3/c1-43-36-45(3)63-54(37-43)66(10)34-18-19-35-67(66,11)71(63)52-30-31-55-59(42-52)69(51-28-25-49(26-29-51)64(4,5)6)60-38-44(2)39-61-62(60)68(55)56-40-48(46-20-14-12-15-21-46)24-32-58(56)70(61)57-33-27-50(65(7,8)9)41-53(57)47-22-16-13-17-23-47/h12-17,20-33,36-42H,18-19,34-35H2,1-11H3. The molecule has 354 valence electrons. The largest absolute Gasteiger partial charge is 0.334 e. The van der Waals surface area contributed by atoms with Crippen LogP contribution in [0.15, 0.2) is 164 Å². The molecule has 0 spiro atoms. The Morgan fingerprint density at radius 1 is 0.465 bits per heavy atom. The van der Waals surface area contributed by atoms with Gasteiger partial charge in [-0.2, -0.15) is 0 Å². The molecule has 4 heteroatoms. The summed E-state index contributed by atoms with van der Waals surface area (Å²) >= 11 is 0. The molecular weight excluding hydrogens is 858 g/mol. The molecule has 2 unspecified atom stereocenters. The van der Waals surface area contributed by atoms with Gasteiger partial charge in [-0.1, -0.05) is 176 Å². The van der Waals surface area contributed by atoms with Crippen molar-refractivity contribution in [2.24, 2.45) is 0 Å². The van der Waals surface area contributed by atoms with Gasteiger partial charge in [0, 0.05) is 50.8 Å². The van der Waals surface area contributed by atoms with Crippen molar-refractivity contribution in [3.05, 3.63) is 197 Å². The molecule has 0 bridgehead atoms. The maximum absolute atomic E-state index is 2.80. The molecule has 8 aromatic carbocycles. The molecule has 3 aliphatic heterocycles. The van der Waals surface area contributed by atoms with Crippen molar-refractivity contribution in [3.63, 3.8) is 0 Å². The average Bonchev–Trinajstić information content (AvgIpc) is 3.56. The number of rotatable bonds is 5.